The van der Waals surface area contributed by atoms with E-state index in [-0.39, 0.29) is 0 Å². The lowest BCUT2D eigenvalue weighted by atomic mass is 10.1. The molecule has 3 heteroatoms. The number of rotatable bonds is 1. The molecule has 1 heterocycles. The zero-order valence-electron chi connectivity index (χ0n) is 6.75. The number of hydrogen-bond donors (Lipinski definition) is 3. The Labute approximate surface area is 71.2 Å². The van der Waals surface area contributed by atoms with Crippen LogP contribution in [0.25, 0.3) is 0 Å². The van der Waals surface area contributed by atoms with Gasteiger partial charge in [0.1, 0.15) is 5.75 Å². The topological polar surface area (TPSA) is 58.3 Å². The van der Waals surface area contributed by atoms with Crippen LogP contribution >= 0.6 is 0 Å². The predicted octanol–water partition coefficient (Wildman–Crippen LogP) is 0.687. The van der Waals surface area contributed by atoms with Crippen LogP contribution in [0.1, 0.15) is 5.56 Å². The molecule has 0 saturated carbocycles. The van der Waals surface area contributed by atoms with Gasteiger partial charge in [-0.05, 0) is 30.2 Å². The molecule has 1 atom stereocenters. The predicted molar refractivity (Wildman–Crippen MR) is 48.3 cm³/mol. The Hall–Kier alpha value is -1.22. The van der Waals surface area contributed by atoms with E-state index >= 15 is 0 Å². The summed E-state index contributed by atoms with van der Waals surface area (Å²) in [4.78, 5) is 0. The highest BCUT2D eigenvalue weighted by atomic mass is 16.3. The molecule has 0 fully saturated rings. The quantitative estimate of drug-likeness (QED) is 0.535. The van der Waals surface area contributed by atoms with Gasteiger partial charge >= 0.3 is 0 Å². The maximum absolute atomic E-state index is 9.20. The molecule has 1 aliphatic heterocycles. The third-order valence-electron chi connectivity index (χ3n) is 2.20. The summed E-state index contributed by atoms with van der Waals surface area (Å²) in [5.74, 6) is 0.327. The number of benzene rings is 1. The highest BCUT2D eigenvalue weighted by Crippen LogP contribution is 2.28. The van der Waals surface area contributed by atoms with E-state index in [1.807, 2.05) is 6.07 Å². The standard InChI is InChI=1S/C9H12N2O/c10-5-7-3-6-4-8(12)1-2-9(6)11-7/h1-2,4,7,11-12H,3,5,10H2. The molecular weight excluding hydrogens is 152 g/mol. The van der Waals surface area contributed by atoms with Gasteiger partial charge in [-0.25, -0.2) is 0 Å². The zero-order chi connectivity index (χ0) is 8.55. The molecule has 1 aliphatic rings. The summed E-state index contributed by atoms with van der Waals surface area (Å²) >= 11 is 0. The maximum Gasteiger partial charge on any atom is 0.116 e. The number of phenols is 1. The second-order valence-corrected chi connectivity index (χ2v) is 3.12. The molecule has 3 nitrogen and oxygen atoms in total. The fraction of sp³-hybridized carbons (Fsp3) is 0.333. The van der Waals surface area contributed by atoms with Crippen molar-refractivity contribution in [1.82, 2.24) is 0 Å². The minimum Gasteiger partial charge on any atom is -0.508 e. The molecule has 0 aliphatic carbocycles. The van der Waals surface area contributed by atoms with Crippen molar-refractivity contribution in [3.05, 3.63) is 23.8 Å². The Morgan fingerprint density at radius 2 is 2.42 bits per heavy atom. The van der Waals surface area contributed by atoms with Gasteiger partial charge in [0.05, 0.1) is 0 Å². The summed E-state index contributed by atoms with van der Waals surface area (Å²) < 4.78 is 0. The lowest BCUT2D eigenvalue weighted by molar-refractivity contribution is 0.475. The van der Waals surface area contributed by atoms with E-state index in [0.717, 1.165) is 17.7 Å². The number of hydrogen-bond acceptors (Lipinski definition) is 3. The third kappa shape index (κ3) is 1.12. The van der Waals surface area contributed by atoms with Crippen molar-refractivity contribution < 1.29 is 5.11 Å². The van der Waals surface area contributed by atoms with Crippen LogP contribution in [-0.2, 0) is 6.42 Å². The van der Waals surface area contributed by atoms with Gasteiger partial charge < -0.3 is 16.2 Å². The van der Waals surface area contributed by atoms with Crippen LogP contribution < -0.4 is 11.1 Å². The molecule has 12 heavy (non-hydrogen) atoms. The average Bonchev–Trinajstić information content (AvgIpc) is 2.46. The van der Waals surface area contributed by atoms with Gasteiger partial charge in [-0.2, -0.15) is 0 Å². The van der Waals surface area contributed by atoms with Gasteiger partial charge in [0.2, 0.25) is 0 Å². The normalized spacial score (nSPS) is 20.2. The molecule has 0 amide bonds. The molecule has 4 N–H and O–H groups in total. The van der Waals surface area contributed by atoms with Crippen molar-refractivity contribution in [3.63, 3.8) is 0 Å². The summed E-state index contributed by atoms with van der Waals surface area (Å²) in [6.07, 6.45) is 0.917. The second-order valence-electron chi connectivity index (χ2n) is 3.12. The van der Waals surface area contributed by atoms with E-state index in [4.69, 9.17) is 5.73 Å². The van der Waals surface area contributed by atoms with Gasteiger partial charge in [-0.15, -0.1) is 0 Å². The number of phenolic OH excluding ortho intramolecular Hbond substituents is 1. The SMILES string of the molecule is NCC1Cc2cc(O)ccc2N1. The number of anilines is 1. The van der Waals surface area contributed by atoms with E-state index in [9.17, 15) is 5.11 Å². The Balaban J connectivity index is 2.30. The van der Waals surface area contributed by atoms with E-state index in [1.165, 1.54) is 0 Å². The molecule has 2 rings (SSSR count). The molecular formula is C9H12N2O. The summed E-state index contributed by atoms with van der Waals surface area (Å²) in [5.41, 5.74) is 7.78. The lowest BCUT2D eigenvalue weighted by Gasteiger charge is -2.05. The van der Waals surface area contributed by atoms with Crippen LogP contribution in [0.5, 0.6) is 5.75 Å². The number of aromatic hydroxyl groups is 1. The number of fused-ring (bicyclic) bond motifs is 1. The Bertz CT molecular complexity index is 299. The average molecular weight is 164 g/mol. The molecule has 0 spiro atoms. The van der Waals surface area contributed by atoms with Gasteiger partial charge in [0.15, 0.2) is 0 Å². The fourth-order valence-corrected chi connectivity index (χ4v) is 1.57. The number of nitrogens with one attached hydrogen (secondary N) is 1. The molecule has 0 saturated heterocycles. The molecule has 64 valence electrons. The van der Waals surface area contributed by atoms with Crippen LogP contribution in [0.2, 0.25) is 0 Å². The Kier molecular flexibility index (Phi) is 1.66. The van der Waals surface area contributed by atoms with Crippen molar-refractivity contribution in [1.29, 1.82) is 0 Å². The highest BCUT2D eigenvalue weighted by molar-refractivity contribution is 5.59. The smallest absolute Gasteiger partial charge is 0.116 e. The van der Waals surface area contributed by atoms with Gasteiger partial charge in [0.25, 0.3) is 0 Å². The van der Waals surface area contributed by atoms with Crippen molar-refractivity contribution in [2.45, 2.75) is 12.5 Å². The van der Waals surface area contributed by atoms with Crippen molar-refractivity contribution in [2.24, 2.45) is 5.73 Å². The third-order valence-corrected chi connectivity index (χ3v) is 2.20. The summed E-state index contributed by atoms with van der Waals surface area (Å²) in [7, 11) is 0. The molecule has 1 aromatic carbocycles. The van der Waals surface area contributed by atoms with Crippen LogP contribution in [0.4, 0.5) is 5.69 Å². The van der Waals surface area contributed by atoms with E-state index in [2.05, 4.69) is 5.32 Å². The highest BCUT2D eigenvalue weighted by Gasteiger charge is 2.18. The number of nitrogens with two attached hydrogens (primary N) is 1. The molecule has 0 aromatic heterocycles. The van der Waals surface area contributed by atoms with Crippen LogP contribution in [0.3, 0.4) is 0 Å². The van der Waals surface area contributed by atoms with Gasteiger partial charge in [0, 0.05) is 18.3 Å². The first-order chi connectivity index (χ1) is 5.79. The molecule has 1 unspecified atom stereocenters. The Morgan fingerprint density at radius 3 is 3.17 bits per heavy atom. The molecule has 0 radical (unpaired) electrons. The minimum atomic E-state index is 0.327. The first-order valence-corrected chi connectivity index (χ1v) is 4.08. The zero-order valence-corrected chi connectivity index (χ0v) is 6.75. The van der Waals surface area contributed by atoms with Crippen molar-refractivity contribution in [3.8, 4) is 5.75 Å². The van der Waals surface area contributed by atoms with Gasteiger partial charge in [-0.1, -0.05) is 0 Å². The summed E-state index contributed by atoms with van der Waals surface area (Å²) in [5, 5.41) is 12.5. The van der Waals surface area contributed by atoms with E-state index in [0.29, 0.717) is 18.3 Å². The minimum absolute atomic E-state index is 0.327. The van der Waals surface area contributed by atoms with E-state index < -0.39 is 0 Å². The monoisotopic (exact) mass is 164 g/mol. The lowest BCUT2D eigenvalue weighted by Crippen LogP contribution is -2.25. The van der Waals surface area contributed by atoms with Crippen LogP contribution in [-0.4, -0.2) is 17.7 Å². The largest absolute Gasteiger partial charge is 0.508 e. The second kappa shape index (κ2) is 2.68. The van der Waals surface area contributed by atoms with Gasteiger partial charge in [-0.3, -0.25) is 0 Å². The first-order valence-electron chi connectivity index (χ1n) is 4.08. The maximum atomic E-state index is 9.20. The Morgan fingerprint density at radius 1 is 1.58 bits per heavy atom. The van der Waals surface area contributed by atoms with Crippen LogP contribution in [0.15, 0.2) is 18.2 Å². The summed E-state index contributed by atoms with van der Waals surface area (Å²) in [6.45, 7) is 0.634. The van der Waals surface area contributed by atoms with Crippen molar-refractivity contribution in [2.75, 3.05) is 11.9 Å². The van der Waals surface area contributed by atoms with E-state index in [1.54, 1.807) is 12.1 Å². The fourth-order valence-electron chi connectivity index (χ4n) is 1.57. The van der Waals surface area contributed by atoms with Crippen LogP contribution in [0, 0.1) is 0 Å². The molecule has 1 aromatic rings. The molecule has 0 bridgehead atoms. The van der Waals surface area contributed by atoms with Crippen molar-refractivity contribution >= 4 is 5.69 Å². The first kappa shape index (κ1) is 7.43. The summed E-state index contributed by atoms with van der Waals surface area (Å²) in [6, 6.07) is 5.70.